The first-order valence-electron chi connectivity index (χ1n) is 10.8. The molecule has 2 bridgehead atoms. The van der Waals surface area contributed by atoms with Gasteiger partial charge in [0.25, 0.3) is 5.91 Å². The van der Waals surface area contributed by atoms with Crippen molar-refractivity contribution in [3.63, 3.8) is 0 Å². The molecule has 1 saturated carbocycles. The van der Waals surface area contributed by atoms with Gasteiger partial charge in [0.15, 0.2) is 0 Å². The topological polar surface area (TPSA) is 100 Å². The highest BCUT2D eigenvalue weighted by Crippen LogP contribution is 2.34. The first-order valence-corrected chi connectivity index (χ1v) is 11.5. The molecule has 0 saturated heterocycles. The smallest absolute Gasteiger partial charge is 0.255 e. The van der Waals surface area contributed by atoms with Gasteiger partial charge in [0.1, 0.15) is 23.1 Å². The van der Waals surface area contributed by atoms with Gasteiger partial charge in [-0.3, -0.25) is 9.59 Å². The fraction of sp³-hybridized carbons (Fsp3) is 0.375. The second kappa shape index (κ2) is 9.90. The Kier molecular flexibility index (Phi) is 6.96. The molecule has 0 radical (unpaired) electrons. The van der Waals surface area contributed by atoms with Crippen molar-refractivity contribution in [3.05, 3.63) is 57.6 Å². The molecule has 5 rings (SSSR count). The van der Waals surface area contributed by atoms with Crippen LogP contribution < -0.4 is 20.1 Å². The summed E-state index contributed by atoms with van der Waals surface area (Å²) in [4.78, 5) is 26.3. The number of rotatable bonds is 2. The third-order valence-electron chi connectivity index (χ3n) is 5.62. The average Bonchev–Trinajstić information content (AvgIpc) is 3.56. The molecule has 2 aromatic rings. The number of amides is 2. The number of hydrogen-bond donors (Lipinski definition) is 2. The van der Waals surface area contributed by atoms with E-state index < -0.39 is 23.4 Å². The molecule has 1 atom stereocenters. The largest absolute Gasteiger partial charge is 0.493 e. The van der Waals surface area contributed by atoms with Gasteiger partial charge in [0, 0.05) is 11.4 Å². The normalized spacial score (nSPS) is 19.8. The number of nitriles is 1. The van der Waals surface area contributed by atoms with Crippen LogP contribution in [0.25, 0.3) is 0 Å². The van der Waals surface area contributed by atoms with Crippen molar-refractivity contribution in [2.24, 2.45) is 0 Å². The van der Waals surface area contributed by atoms with Crippen LogP contribution >= 0.6 is 23.2 Å². The average molecular weight is 488 g/mol. The van der Waals surface area contributed by atoms with E-state index in [4.69, 9.17) is 32.7 Å². The molecule has 0 spiro atoms. The first-order chi connectivity index (χ1) is 15.9. The Hall–Kier alpha value is -2.95. The van der Waals surface area contributed by atoms with Crippen LogP contribution in [-0.2, 0) is 11.2 Å². The fourth-order valence-electron chi connectivity index (χ4n) is 3.56. The molecule has 172 valence electrons. The van der Waals surface area contributed by atoms with Gasteiger partial charge in [-0.2, -0.15) is 5.26 Å². The second-order valence-corrected chi connectivity index (χ2v) is 9.07. The van der Waals surface area contributed by atoms with Crippen molar-refractivity contribution in [2.75, 3.05) is 13.2 Å². The minimum Gasteiger partial charge on any atom is -0.493 e. The van der Waals surface area contributed by atoms with Gasteiger partial charge in [-0.15, -0.1) is 0 Å². The maximum absolute atomic E-state index is 13.2. The molecule has 3 aliphatic rings. The molecule has 9 heteroatoms. The van der Waals surface area contributed by atoms with Crippen LogP contribution in [0.3, 0.4) is 0 Å². The summed E-state index contributed by atoms with van der Waals surface area (Å²) in [6, 6.07) is 11.3. The minimum absolute atomic E-state index is 0.176. The van der Waals surface area contributed by atoms with Crippen LogP contribution in [0.1, 0.15) is 41.6 Å². The van der Waals surface area contributed by atoms with Crippen molar-refractivity contribution in [1.82, 2.24) is 10.6 Å². The van der Waals surface area contributed by atoms with Crippen molar-refractivity contribution in [2.45, 2.75) is 43.7 Å². The molecule has 2 aromatic carbocycles. The van der Waals surface area contributed by atoms with E-state index in [0.717, 1.165) is 12.0 Å². The first kappa shape index (κ1) is 23.2. The molecular weight excluding hydrogens is 465 g/mol. The Morgan fingerprint density at radius 1 is 1.09 bits per heavy atom. The highest BCUT2D eigenvalue weighted by molar-refractivity contribution is 6.32. The van der Waals surface area contributed by atoms with Crippen molar-refractivity contribution in [1.29, 1.82) is 5.26 Å². The Bertz CT molecular complexity index is 1110. The summed E-state index contributed by atoms with van der Waals surface area (Å²) in [5.41, 5.74) is 0.110. The summed E-state index contributed by atoms with van der Waals surface area (Å²) in [6.07, 6.45) is 2.80. The van der Waals surface area contributed by atoms with Gasteiger partial charge < -0.3 is 20.1 Å². The second-order valence-electron chi connectivity index (χ2n) is 8.22. The number of fused-ring (bicyclic) bond motifs is 10. The predicted molar refractivity (Wildman–Crippen MR) is 124 cm³/mol. The van der Waals surface area contributed by atoms with E-state index in [1.807, 2.05) is 6.07 Å². The number of nitrogens with zero attached hydrogens (tertiary/aromatic N) is 1. The Balaban J connectivity index is 1.66. The quantitative estimate of drug-likeness (QED) is 0.664. The van der Waals surface area contributed by atoms with Crippen LogP contribution in [0, 0.1) is 11.3 Å². The molecule has 0 aromatic heterocycles. The molecule has 2 heterocycles. The molecule has 1 unspecified atom stereocenters. The summed E-state index contributed by atoms with van der Waals surface area (Å²) in [5, 5.41) is 15.7. The maximum Gasteiger partial charge on any atom is 0.255 e. The summed E-state index contributed by atoms with van der Waals surface area (Å²) in [5.74, 6) is 0.00284. The molecule has 1 fully saturated rings. The molecule has 2 aliphatic heterocycles. The predicted octanol–water partition coefficient (Wildman–Crippen LogP) is 4.06. The Morgan fingerprint density at radius 3 is 2.45 bits per heavy atom. The van der Waals surface area contributed by atoms with E-state index in [2.05, 4.69) is 16.7 Å². The highest BCUT2D eigenvalue weighted by atomic mass is 35.5. The SMILES string of the molecule is N#CC1(NC(=O)C2Cc3ccc(c(Cl)c3)OCCCCOc3ccc(Cl)cc3C(=O)N2)CC1. The number of carbonyl (C=O) groups excluding carboxylic acids is 2. The molecule has 7 nitrogen and oxygen atoms in total. The van der Waals surface area contributed by atoms with Crippen LogP contribution in [0.15, 0.2) is 36.4 Å². The zero-order valence-electron chi connectivity index (χ0n) is 17.8. The number of carbonyl (C=O) groups is 2. The van der Waals surface area contributed by atoms with E-state index in [1.54, 1.807) is 24.3 Å². The van der Waals surface area contributed by atoms with Crippen molar-refractivity contribution >= 4 is 35.0 Å². The Labute approximate surface area is 202 Å². The lowest BCUT2D eigenvalue weighted by atomic mass is 10.0. The zero-order chi connectivity index (χ0) is 23.4. The number of benzene rings is 2. The lowest BCUT2D eigenvalue weighted by Crippen LogP contribution is -2.51. The lowest BCUT2D eigenvalue weighted by molar-refractivity contribution is -0.123. The monoisotopic (exact) mass is 487 g/mol. The van der Waals surface area contributed by atoms with Crippen LogP contribution in [0.5, 0.6) is 11.5 Å². The summed E-state index contributed by atoms with van der Waals surface area (Å²) < 4.78 is 11.6. The van der Waals surface area contributed by atoms with Crippen LogP contribution in [0.4, 0.5) is 0 Å². The van der Waals surface area contributed by atoms with Gasteiger partial charge in [-0.1, -0.05) is 29.3 Å². The third kappa shape index (κ3) is 5.70. The van der Waals surface area contributed by atoms with Gasteiger partial charge in [-0.05, 0) is 61.6 Å². The molecule has 33 heavy (non-hydrogen) atoms. The molecule has 2 amide bonds. The summed E-state index contributed by atoms with van der Waals surface area (Å²) >= 11 is 12.5. The van der Waals surface area contributed by atoms with Gasteiger partial charge in [-0.25, -0.2) is 0 Å². The van der Waals surface area contributed by atoms with E-state index in [0.29, 0.717) is 54.0 Å². The minimum atomic E-state index is -0.939. The number of nitrogens with one attached hydrogen (secondary N) is 2. The number of halogens is 2. The number of ether oxygens (including phenoxy) is 2. The van der Waals surface area contributed by atoms with E-state index in [1.165, 1.54) is 6.07 Å². The Morgan fingerprint density at radius 2 is 1.79 bits per heavy atom. The van der Waals surface area contributed by atoms with Crippen LogP contribution in [-0.4, -0.2) is 36.6 Å². The zero-order valence-corrected chi connectivity index (χ0v) is 19.3. The highest BCUT2D eigenvalue weighted by Gasteiger charge is 2.45. The van der Waals surface area contributed by atoms with Gasteiger partial charge >= 0.3 is 0 Å². The molecule has 1 aliphatic carbocycles. The lowest BCUT2D eigenvalue weighted by Gasteiger charge is -2.22. The number of hydrogen-bond acceptors (Lipinski definition) is 5. The fourth-order valence-corrected chi connectivity index (χ4v) is 3.99. The third-order valence-corrected chi connectivity index (χ3v) is 6.15. The van der Waals surface area contributed by atoms with Crippen molar-refractivity contribution in [3.8, 4) is 17.6 Å². The summed E-state index contributed by atoms with van der Waals surface area (Å²) in [6.45, 7) is 0.851. The standard InChI is InChI=1S/C24H23Cl2N3O4/c25-16-4-6-20-17(13-16)22(30)28-19(23(31)29-24(14-27)7-8-24)12-15-3-5-21(18(26)11-15)33-10-2-1-9-32-20/h3-6,11,13,19H,1-2,7-10,12H2,(H,28,30)(H,29,31). The molecule has 2 N–H and O–H groups in total. The van der Waals surface area contributed by atoms with Gasteiger partial charge in [0.05, 0.1) is 29.9 Å². The molecular formula is C24H23Cl2N3O4. The van der Waals surface area contributed by atoms with Crippen molar-refractivity contribution < 1.29 is 19.1 Å². The summed E-state index contributed by atoms with van der Waals surface area (Å²) in [7, 11) is 0. The van der Waals surface area contributed by atoms with E-state index >= 15 is 0 Å². The van der Waals surface area contributed by atoms with Crippen LogP contribution in [0.2, 0.25) is 10.0 Å². The van der Waals surface area contributed by atoms with E-state index in [9.17, 15) is 14.9 Å². The van der Waals surface area contributed by atoms with E-state index in [-0.39, 0.29) is 12.0 Å². The van der Waals surface area contributed by atoms with Gasteiger partial charge in [0.2, 0.25) is 5.91 Å². The maximum atomic E-state index is 13.2.